The van der Waals surface area contributed by atoms with Gasteiger partial charge in [0.2, 0.25) is 0 Å². The first-order valence-corrected chi connectivity index (χ1v) is 9.90. The predicted octanol–water partition coefficient (Wildman–Crippen LogP) is 3.58. The van der Waals surface area contributed by atoms with E-state index >= 15 is 0 Å². The molecule has 7 nitrogen and oxygen atoms in total. The Hall–Kier alpha value is -3.22. The highest BCUT2D eigenvalue weighted by atomic mass is 16.5. The number of benzene rings is 2. The lowest BCUT2D eigenvalue weighted by Gasteiger charge is -2.14. The lowest BCUT2D eigenvalue weighted by molar-refractivity contribution is -0.123. The second-order valence-corrected chi connectivity index (χ2v) is 7.39. The fourth-order valence-corrected chi connectivity index (χ4v) is 2.59. The summed E-state index contributed by atoms with van der Waals surface area (Å²) >= 11 is 0. The Bertz CT molecular complexity index is 880. The van der Waals surface area contributed by atoms with Crippen molar-refractivity contribution in [2.75, 3.05) is 20.3 Å². The second-order valence-electron chi connectivity index (χ2n) is 7.39. The van der Waals surface area contributed by atoms with E-state index in [2.05, 4.69) is 24.7 Å². The second kappa shape index (κ2) is 11.1. The van der Waals surface area contributed by atoms with Gasteiger partial charge in [0.05, 0.1) is 13.7 Å². The van der Waals surface area contributed by atoms with E-state index in [0.29, 0.717) is 35.3 Å². The van der Waals surface area contributed by atoms with E-state index in [9.17, 15) is 9.59 Å². The average Bonchev–Trinajstić information content (AvgIpc) is 2.72. The molecule has 162 valence electrons. The summed E-state index contributed by atoms with van der Waals surface area (Å²) in [4.78, 5) is 24.3. The highest BCUT2D eigenvalue weighted by Gasteiger charge is 2.13. The van der Waals surface area contributed by atoms with Crippen LogP contribution < -0.4 is 25.1 Å². The molecule has 30 heavy (non-hydrogen) atoms. The molecular weight excluding hydrogens is 384 g/mol. The number of carbonyl (C=O) groups excluding carboxylic acids is 2. The number of methoxy groups -OCH3 is 1. The normalized spacial score (nSPS) is 10.5. The van der Waals surface area contributed by atoms with Crippen LogP contribution in [0.4, 0.5) is 0 Å². The largest absolute Gasteiger partial charge is 0.493 e. The Morgan fingerprint density at radius 3 is 2.43 bits per heavy atom. The van der Waals surface area contributed by atoms with Gasteiger partial charge in [-0.05, 0) is 61.6 Å². The first-order chi connectivity index (χ1) is 14.3. The van der Waals surface area contributed by atoms with E-state index in [-0.39, 0.29) is 6.61 Å². The van der Waals surface area contributed by atoms with Crippen LogP contribution in [0.2, 0.25) is 0 Å². The number of carbonyl (C=O) groups is 2. The molecule has 7 heteroatoms. The number of aryl methyl sites for hydroxylation is 1. The Labute approximate surface area is 177 Å². The molecule has 0 fully saturated rings. The molecular formula is C23H30N2O5. The molecule has 0 aliphatic heterocycles. The molecule has 0 spiro atoms. The van der Waals surface area contributed by atoms with Crippen molar-refractivity contribution in [1.82, 2.24) is 10.9 Å². The van der Waals surface area contributed by atoms with Crippen molar-refractivity contribution < 1.29 is 23.8 Å². The van der Waals surface area contributed by atoms with Gasteiger partial charge in [-0.3, -0.25) is 20.4 Å². The van der Waals surface area contributed by atoms with Crippen LogP contribution in [0.25, 0.3) is 0 Å². The van der Waals surface area contributed by atoms with Crippen LogP contribution in [0.1, 0.15) is 41.8 Å². The quantitative estimate of drug-likeness (QED) is 0.613. The highest BCUT2D eigenvalue weighted by Crippen LogP contribution is 2.28. The van der Waals surface area contributed by atoms with Crippen molar-refractivity contribution in [2.24, 2.45) is 5.92 Å². The zero-order valence-corrected chi connectivity index (χ0v) is 18.2. The first kappa shape index (κ1) is 23.1. The molecule has 0 saturated heterocycles. The summed E-state index contributed by atoms with van der Waals surface area (Å²) in [5.41, 5.74) is 7.10. The number of rotatable bonds is 9. The first-order valence-electron chi connectivity index (χ1n) is 9.90. The summed E-state index contributed by atoms with van der Waals surface area (Å²) in [6.45, 7) is 8.49. The molecule has 2 rings (SSSR count). The SMILES string of the molecule is COc1cc(C(=O)NNC(=O)COc2cccc(C)c2C)ccc1OCCC(C)C. The van der Waals surface area contributed by atoms with E-state index in [1.165, 1.54) is 7.11 Å². The fraction of sp³-hybridized carbons (Fsp3) is 0.391. The van der Waals surface area contributed by atoms with Crippen LogP contribution in [0.15, 0.2) is 36.4 Å². The smallest absolute Gasteiger partial charge is 0.276 e. The standard InChI is InChI=1S/C23H30N2O5/c1-15(2)11-12-29-20-10-9-18(13-21(20)28-5)23(27)25-24-22(26)14-30-19-8-6-7-16(3)17(19)4/h6-10,13,15H,11-12,14H2,1-5H3,(H,24,26)(H,25,27). The third-order valence-corrected chi connectivity index (χ3v) is 4.61. The van der Waals surface area contributed by atoms with Crippen molar-refractivity contribution in [3.63, 3.8) is 0 Å². The van der Waals surface area contributed by atoms with Gasteiger partial charge in [0.1, 0.15) is 5.75 Å². The number of amides is 2. The maximum atomic E-state index is 12.3. The van der Waals surface area contributed by atoms with Gasteiger partial charge in [0.25, 0.3) is 11.8 Å². The number of ether oxygens (including phenoxy) is 3. The number of hydrogen-bond donors (Lipinski definition) is 2. The maximum absolute atomic E-state index is 12.3. The number of nitrogens with one attached hydrogen (secondary N) is 2. The van der Waals surface area contributed by atoms with Crippen molar-refractivity contribution in [3.05, 3.63) is 53.1 Å². The summed E-state index contributed by atoms with van der Waals surface area (Å²) < 4.78 is 16.6. The molecule has 0 bridgehead atoms. The molecule has 0 aromatic heterocycles. The summed E-state index contributed by atoms with van der Waals surface area (Å²) in [6, 6.07) is 10.5. The third-order valence-electron chi connectivity index (χ3n) is 4.61. The van der Waals surface area contributed by atoms with Crippen LogP contribution in [-0.2, 0) is 4.79 Å². The van der Waals surface area contributed by atoms with Gasteiger partial charge in [0.15, 0.2) is 18.1 Å². The highest BCUT2D eigenvalue weighted by molar-refractivity contribution is 5.96. The fourth-order valence-electron chi connectivity index (χ4n) is 2.59. The molecule has 0 atom stereocenters. The zero-order valence-electron chi connectivity index (χ0n) is 18.2. The summed E-state index contributed by atoms with van der Waals surface area (Å²) in [5.74, 6) is 1.25. The van der Waals surface area contributed by atoms with Gasteiger partial charge in [-0.15, -0.1) is 0 Å². The Balaban J connectivity index is 1.87. The van der Waals surface area contributed by atoms with E-state index in [1.54, 1.807) is 24.3 Å². The lowest BCUT2D eigenvalue weighted by atomic mass is 10.1. The third kappa shape index (κ3) is 6.69. The molecule has 0 aliphatic carbocycles. The molecule has 2 aromatic rings. The summed E-state index contributed by atoms with van der Waals surface area (Å²) in [6.07, 6.45) is 0.918. The molecule has 0 saturated carbocycles. The van der Waals surface area contributed by atoms with Crippen LogP contribution in [0, 0.1) is 19.8 Å². The minimum absolute atomic E-state index is 0.212. The van der Waals surface area contributed by atoms with Crippen molar-refractivity contribution in [1.29, 1.82) is 0 Å². The van der Waals surface area contributed by atoms with Crippen molar-refractivity contribution in [2.45, 2.75) is 34.1 Å². The Morgan fingerprint density at radius 1 is 0.967 bits per heavy atom. The van der Waals surface area contributed by atoms with E-state index in [4.69, 9.17) is 14.2 Å². The van der Waals surface area contributed by atoms with Crippen LogP contribution in [0.5, 0.6) is 17.2 Å². The van der Waals surface area contributed by atoms with Gasteiger partial charge in [-0.1, -0.05) is 26.0 Å². The maximum Gasteiger partial charge on any atom is 0.276 e. The number of hydrogen-bond acceptors (Lipinski definition) is 5. The topological polar surface area (TPSA) is 85.9 Å². The summed E-state index contributed by atoms with van der Waals surface area (Å²) in [5, 5.41) is 0. The molecule has 0 heterocycles. The lowest BCUT2D eigenvalue weighted by Crippen LogP contribution is -2.43. The number of hydrazine groups is 1. The van der Waals surface area contributed by atoms with Gasteiger partial charge in [0, 0.05) is 5.56 Å². The molecule has 2 N–H and O–H groups in total. The van der Waals surface area contributed by atoms with Crippen LogP contribution >= 0.6 is 0 Å². The molecule has 2 aromatic carbocycles. The van der Waals surface area contributed by atoms with Crippen molar-refractivity contribution >= 4 is 11.8 Å². The minimum Gasteiger partial charge on any atom is -0.493 e. The average molecular weight is 415 g/mol. The molecule has 0 radical (unpaired) electrons. The van der Waals surface area contributed by atoms with Gasteiger partial charge >= 0.3 is 0 Å². The van der Waals surface area contributed by atoms with E-state index < -0.39 is 11.8 Å². The monoisotopic (exact) mass is 414 g/mol. The van der Waals surface area contributed by atoms with E-state index in [0.717, 1.165) is 17.5 Å². The van der Waals surface area contributed by atoms with E-state index in [1.807, 2.05) is 26.0 Å². The van der Waals surface area contributed by atoms with Gasteiger partial charge < -0.3 is 14.2 Å². The summed E-state index contributed by atoms with van der Waals surface area (Å²) in [7, 11) is 1.51. The Morgan fingerprint density at radius 2 is 1.73 bits per heavy atom. The van der Waals surface area contributed by atoms with Crippen LogP contribution in [-0.4, -0.2) is 32.1 Å². The molecule has 2 amide bonds. The zero-order chi connectivity index (χ0) is 22.1. The molecule has 0 unspecified atom stereocenters. The predicted molar refractivity (Wildman–Crippen MR) is 115 cm³/mol. The van der Waals surface area contributed by atoms with Crippen molar-refractivity contribution in [3.8, 4) is 17.2 Å². The van der Waals surface area contributed by atoms with Gasteiger partial charge in [-0.2, -0.15) is 0 Å². The van der Waals surface area contributed by atoms with Gasteiger partial charge in [-0.25, -0.2) is 0 Å². The Kier molecular flexibility index (Phi) is 8.53. The van der Waals surface area contributed by atoms with Crippen LogP contribution in [0.3, 0.4) is 0 Å². The molecule has 0 aliphatic rings. The minimum atomic E-state index is -0.470.